The third kappa shape index (κ3) is 8.40. The van der Waals surface area contributed by atoms with Crippen molar-refractivity contribution in [3.8, 4) is 11.5 Å². The summed E-state index contributed by atoms with van der Waals surface area (Å²) in [6.07, 6.45) is 9.72. The van der Waals surface area contributed by atoms with Gasteiger partial charge in [0.05, 0.1) is 17.5 Å². The molecule has 0 unspecified atom stereocenters. The summed E-state index contributed by atoms with van der Waals surface area (Å²) < 4.78 is 46.5. The minimum Gasteiger partial charge on any atom is -0.451 e. The van der Waals surface area contributed by atoms with Crippen molar-refractivity contribution in [2.45, 2.75) is 78.7 Å². The molecule has 1 atom stereocenters. The molecular weight excluding hydrogens is 623 g/mol. The second-order valence-corrected chi connectivity index (χ2v) is 15.7. The molecular formula is C34H49FN6O5S. The Hall–Kier alpha value is -3.32. The van der Waals surface area contributed by atoms with E-state index in [0.717, 1.165) is 77.7 Å². The predicted octanol–water partition coefficient (Wildman–Crippen LogP) is 4.84. The van der Waals surface area contributed by atoms with Gasteiger partial charge >= 0.3 is 0 Å². The van der Waals surface area contributed by atoms with Crippen LogP contribution in [0, 0.1) is 23.1 Å². The van der Waals surface area contributed by atoms with Crippen molar-refractivity contribution in [2.24, 2.45) is 17.3 Å². The number of nitrogens with zero attached hydrogens (tertiary/aromatic N) is 5. The lowest BCUT2D eigenvalue weighted by atomic mass is 9.65. The van der Waals surface area contributed by atoms with Gasteiger partial charge in [-0.2, -0.15) is 0 Å². The zero-order chi connectivity index (χ0) is 33.8. The first-order valence-electron chi connectivity index (χ1n) is 17.0. The molecule has 47 heavy (non-hydrogen) atoms. The van der Waals surface area contributed by atoms with E-state index < -0.39 is 15.8 Å². The normalized spacial score (nSPS) is 20.5. The summed E-state index contributed by atoms with van der Waals surface area (Å²) in [7, 11) is -3.52. The van der Waals surface area contributed by atoms with Crippen LogP contribution in [0.25, 0.3) is 0 Å². The summed E-state index contributed by atoms with van der Waals surface area (Å²) in [6.45, 7) is 12.4. The first kappa shape index (κ1) is 35.0. The Balaban J connectivity index is 1.16. The Morgan fingerprint density at radius 2 is 1.81 bits per heavy atom. The van der Waals surface area contributed by atoms with E-state index in [2.05, 4.69) is 24.5 Å². The van der Waals surface area contributed by atoms with Crippen molar-refractivity contribution < 1.29 is 27.1 Å². The van der Waals surface area contributed by atoms with Gasteiger partial charge < -0.3 is 19.4 Å². The molecule has 3 heterocycles. The van der Waals surface area contributed by atoms with E-state index in [-0.39, 0.29) is 46.3 Å². The van der Waals surface area contributed by atoms with Gasteiger partial charge in [-0.05, 0) is 115 Å². The minimum atomic E-state index is -3.52. The van der Waals surface area contributed by atoms with Crippen LogP contribution >= 0.6 is 0 Å². The van der Waals surface area contributed by atoms with Gasteiger partial charge in [0.1, 0.15) is 17.9 Å². The van der Waals surface area contributed by atoms with E-state index in [1.807, 2.05) is 20.8 Å². The van der Waals surface area contributed by atoms with Gasteiger partial charge in [0.2, 0.25) is 15.9 Å². The fourth-order valence-electron chi connectivity index (χ4n) is 7.44. The summed E-state index contributed by atoms with van der Waals surface area (Å²) in [5.74, 6) is 0.364. The second-order valence-electron chi connectivity index (χ2n) is 13.7. The average molecular weight is 673 g/mol. The van der Waals surface area contributed by atoms with Crippen molar-refractivity contribution in [3.05, 3.63) is 42.1 Å². The summed E-state index contributed by atoms with van der Waals surface area (Å²) in [5.41, 5.74) is 0.411. The highest BCUT2D eigenvalue weighted by atomic mass is 32.2. The molecule has 258 valence electrons. The van der Waals surface area contributed by atoms with Crippen LogP contribution in [0.15, 0.2) is 30.7 Å². The maximum Gasteiger partial charge on any atom is 0.257 e. The molecule has 3 aliphatic rings. The Labute approximate surface area is 278 Å². The predicted molar refractivity (Wildman–Crippen MR) is 178 cm³/mol. The van der Waals surface area contributed by atoms with Crippen molar-refractivity contribution in [1.29, 1.82) is 0 Å². The minimum absolute atomic E-state index is 0.0482. The molecule has 0 radical (unpaired) electrons. The quantitative estimate of drug-likeness (QED) is 0.357. The lowest BCUT2D eigenvalue weighted by Gasteiger charge is -2.46. The molecule has 13 heteroatoms. The third-order valence-corrected chi connectivity index (χ3v) is 11.6. The summed E-state index contributed by atoms with van der Waals surface area (Å²) in [5, 5.41) is 0. The molecule has 1 N–H and O–H groups in total. The maximum atomic E-state index is 14.3. The zero-order valence-corrected chi connectivity index (χ0v) is 28.9. The monoisotopic (exact) mass is 672 g/mol. The van der Waals surface area contributed by atoms with Crippen LogP contribution in [0.1, 0.15) is 83.0 Å². The van der Waals surface area contributed by atoms with Gasteiger partial charge in [-0.15, -0.1) is 0 Å². The molecule has 2 amide bonds. The van der Waals surface area contributed by atoms with Gasteiger partial charge in [-0.3, -0.25) is 14.3 Å². The summed E-state index contributed by atoms with van der Waals surface area (Å²) >= 11 is 0. The van der Waals surface area contributed by atoms with Crippen LogP contribution in [0.2, 0.25) is 0 Å². The smallest absolute Gasteiger partial charge is 0.257 e. The van der Waals surface area contributed by atoms with Crippen LogP contribution in [-0.4, -0.2) is 91.1 Å². The average Bonchev–Trinajstić information content (AvgIpc) is 3.52. The first-order valence-corrected chi connectivity index (χ1v) is 18.7. The van der Waals surface area contributed by atoms with Crippen LogP contribution < -0.4 is 14.4 Å². The van der Waals surface area contributed by atoms with Crippen molar-refractivity contribution in [3.63, 3.8) is 0 Å². The van der Waals surface area contributed by atoms with Gasteiger partial charge in [-0.1, -0.05) is 0 Å². The van der Waals surface area contributed by atoms with E-state index in [1.165, 1.54) is 31.5 Å². The maximum absolute atomic E-state index is 14.3. The van der Waals surface area contributed by atoms with Gasteiger partial charge in [0, 0.05) is 38.1 Å². The summed E-state index contributed by atoms with van der Waals surface area (Å²) in [4.78, 5) is 41.0. The number of anilines is 1. The van der Waals surface area contributed by atoms with Gasteiger partial charge in [0.25, 0.3) is 5.91 Å². The second kappa shape index (κ2) is 14.8. The molecule has 1 aromatic carbocycles. The van der Waals surface area contributed by atoms with Crippen molar-refractivity contribution >= 4 is 27.7 Å². The molecule has 2 saturated heterocycles. The number of rotatable bonds is 11. The number of likely N-dealkylation sites (tertiary alicyclic amines) is 1. The SMILES string of the molecule is CCN(C(=O)c1cc(F)ccc1Oc1cncnc1N1CC[C@@H](CN2CCC3(CCC(C(=O)NS(=O)(=O)CC)CC3)CC2)C1)C(C)C. The number of amides is 2. The Morgan fingerprint density at radius 3 is 2.47 bits per heavy atom. The molecule has 1 aromatic heterocycles. The number of halogens is 1. The molecule has 1 saturated carbocycles. The highest BCUT2D eigenvalue weighted by Gasteiger charge is 2.41. The van der Waals surface area contributed by atoms with E-state index in [9.17, 15) is 22.4 Å². The fourth-order valence-corrected chi connectivity index (χ4v) is 8.06. The number of sulfonamides is 1. The molecule has 2 aromatic rings. The number of carbonyl (C=O) groups excluding carboxylic acids is 2. The largest absolute Gasteiger partial charge is 0.451 e. The molecule has 3 fully saturated rings. The van der Waals surface area contributed by atoms with Crippen LogP contribution in [0.4, 0.5) is 10.2 Å². The number of piperidine rings is 1. The Kier molecular flexibility index (Phi) is 11.1. The number of ether oxygens (including phenoxy) is 1. The summed E-state index contributed by atoms with van der Waals surface area (Å²) in [6, 6.07) is 3.96. The molecule has 2 aliphatic heterocycles. The van der Waals surface area contributed by atoms with Gasteiger partial charge in [0.15, 0.2) is 11.6 Å². The van der Waals surface area contributed by atoms with E-state index >= 15 is 0 Å². The van der Waals surface area contributed by atoms with Crippen molar-refractivity contribution in [1.82, 2.24) is 24.5 Å². The number of nitrogens with one attached hydrogen (secondary N) is 1. The van der Waals surface area contributed by atoms with E-state index in [4.69, 9.17) is 4.74 Å². The highest BCUT2D eigenvalue weighted by Crippen LogP contribution is 2.46. The molecule has 1 aliphatic carbocycles. The Morgan fingerprint density at radius 1 is 1.09 bits per heavy atom. The first-order chi connectivity index (χ1) is 22.4. The molecule has 11 nitrogen and oxygen atoms in total. The number of aromatic nitrogens is 2. The zero-order valence-electron chi connectivity index (χ0n) is 28.1. The van der Waals surface area contributed by atoms with Crippen LogP contribution in [0.5, 0.6) is 11.5 Å². The van der Waals surface area contributed by atoms with E-state index in [1.54, 1.807) is 11.1 Å². The van der Waals surface area contributed by atoms with Crippen LogP contribution in [0.3, 0.4) is 0 Å². The standard InChI is InChI=1S/C34H49FN6O5S/c1-5-41(24(3)4)33(43)28-19-27(35)7-8-29(28)46-30-20-36-23-37-31(30)40-16-11-25(22-40)21-39-17-14-34(15-18-39)12-9-26(10-13-34)32(42)38-47(44,45)6-2/h7-8,19-20,23-26H,5-6,9-18,21-22H2,1-4H3,(H,38,42)/t25-/m0/s1. The topological polar surface area (TPSA) is 125 Å². The number of benzene rings is 1. The number of carbonyl (C=O) groups is 2. The highest BCUT2D eigenvalue weighted by molar-refractivity contribution is 7.90. The van der Waals surface area contributed by atoms with Crippen molar-refractivity contribution in [2.75, 3.05) is 49.9 Å². The molecule has 1 spiro atoms. The Bertz CT molecular complexity index is 1520. The molecule has 0 bridgehead atoms. The number of hydrogen-bond acceptors (Lipinski definition) is 9. The lowest BCUT2D eigenvalue weighted by molar-refractivity contribution is -0.125. The lowest BCUT2D eigenvalue weighted by Crippen LogP contribution is -2.45. The van der Waals surface area contributed by atoms with E-state index in [0.29, 0.717) is 24.0 Å². The fraction of sp³-hybridized carbons (Fsp3) is 0.647. The third-order valence-electron chi connectivity index (χ3n) is 10.3. The van der Waals surface area contributed by atoms with Crippen LogP contribution in [-0.2, 0) is 14.8 Å². The number of hydrogen-bond donors (Lipinski definition) is 1. The molecule has 5 rings (SSSR count). The van der Waals surface area contributed by atoms with Gasteiger partial charge in [-0.25, -0.2) is 22.8 Å².